The normalized spacial score (nSPS) is 22.9. The van der Waals surface area contributed by atoms with Gasteiger partial charge in [0.2, 0.25) is 5.69 Å². The molecule has 0 aliphatic rings. The SMILES string of the molecule is CCOP(O)(=S)[SH](C(C)CC)C(C)CC. The van der Waals surface area contributed by atoms with Crippen molar-refractivity contribution in [3.05, 3.63) is 0 Å². The maximum atomic E-state index is 10.3. The molecule has 0 spiro atoms. The molecule has 0 saturated heterocycles. The van der Waals surface area contributed by atoms with Crippen molar-refractivity contribution in [1.82, 2.24) is 0 Å². The van der Waals surface area contributed by atoms with E-state index in [0.717, 1.165) is 12.8 Å². The third-order valence-electron chi connectivity index (χ3n) is 2.67. The molecule has 0 aliphatic carbocycles. The van der Waals surface area contributed by atoms with Crippen LogP contribution in [0.2, 0.25) is 0 Å². The monoisotopic (exact) mass is 272 g/mol. The van der Waals surface area contributed by atoms with Crippen molar-refractivity contribution >= 4 is 28.0 Å². The van der Waals surface area contributed by atoms with E-state index in [1.165, 1.54) is 0 Å². The Hall–Kier alpha value is 0.920. The van der Waals surface area contributed by atoms with Gasteiger partial charge in [-0.05, 0) is 42.1 Å². The molecule has 3 unspecified atom stereocenters. The van der Waals surface area contributed by atoms with Crippen LogP contribution in [0.15, 0.2) is 0 Å². The van der Waals surface area contributed by atoms with Crippen LogP contribution in [-0.4, -0.2) is 22.0 Å². The topological polar surface area (TPSA) is 29.5 Å². The summed E-state index contributed by atoms with van der Waals surface area (Å²) in [5, 5.41) is 0.995. The maximum Gasteiger partial charge on any atom is 0.225 e. The second-order valence-electron chi connectivity index (χ2n) is 3.80. The second-order valence-corrected chi connectivity index (χ2v) is 12.9. The van der Waals surface area contributed by atoms with Gasteiger partial charge < -0.3 is 9.42 Å². The van der Waals surface area contributed by atoms with Gasteiger partial charge in [0.15, 0.2) is 0 Å². The van der Waals surface area contributed by atoms with E-state index >= 15 is 0 Å². The van der Waals surface area contributed by atoms with Gasteiger partial charge in [-0.3, -0.25) is 0 Å². The minimum atomic E-state index is -2.55. The van der Waals surface area contributed by atoms with Gasteiger partial charge >= 0.3 is 0 Å². The Morgan fingerprint density at radius 2 is 1.60 bits per heavy atom. The summed E-state index contributed by atoms with van der Waals surface area (Å²) in [7, 11) is -0.573. The average molecular weight is 272 g/mol. The Labute approximate surface area is 102 Å². The Kier molecular flexibility index (Phi) is 7.73. The predicted octanol–water partition coefficient (Wildman–Crippen LogP) is 3.84. The summed E-state index contributed by atoms with van der Waals surface area (Å²) < 4.78 is 5.45. The van der Waals surface area contributed by atoms with Gasteiger partial charge in [0.25, 0.3) is 0 Å². The van der Waals surface area contributed by atoms with Crippen LogP contribution < -0.4 is 0 Å². The van der Waals surface area contributed by atoms with Crippen molar-refractivity contribution in [3.8, 4) is 0 Å². The van der Waals surface area contributed by atoms with Crippen LogP contribution >= 0.6 is 16.2 Å². The average Bonchev–Trinajstić information content (AvgIpc) is 2.16. The zero-order chi connectivity index (χ0) is 12.1. The summed E-state index contributed by atoms with van der Waals surface area (Å²) in [5.41, 5.74) is -2.55. The molecule has 0 amide bonds. The van der Waals surface area contributed by atoms with Crippen molar-refractivity contribution < 1.29 is 9.42 Å². The third kappa shape index (κ3) is 4.74. The van der Waals surface area contributed by atoms with Crippen LogP contribution in [-0.2, 0) is 16.3 Å². The largest absolute Gasteiger partial charge is 0.339 e. The molecule has 0 saturated carbocycles. The van der Waals surface area contributed by atoms with Crippen LogP contribution in [0.3, 0.4) is 0 Å². The predicted molar refractivity (Wildman–Crippen MR) is 76.6 cm³/mol. The van der Waals surface area contributed by atoms with E-state index in [-0.39, 0.29) is 0 Å². The van der Waals surface area contributed by atoms with Crippen molar-refractivity contribution in [2.45, 2.75) is 58.0 Å². The minimum Gasteiger partial charge on any atom is -0.339 e. The lowest BCUT2D eigenvalue weighted by Crippen LogP contribution is -2.13. The van der Waals surface area contributed by atoms with Gasteiger partial charge in [-0.25, -0.2) is 0 Å². The molecule has 0 aliphatic heterocycles. The first kappa shape index (κ1) is 15.9. The summed E-state index contributed by atoms with van der Waals surface area (Å²) in [6, 6.07) is 0. The highest BCUT2D eigenvalue weighted by Crippen LogP contribution is 2.72. The Bertz CT molecular complexity index is 213. The van der Waals surface area contributed by atoms with Gasteiger partial charge in [0.05, 0.1) is 6.61 Å². The lowest BCUT2D eigenvalue weighted by atomic mass is 10.4. The van der Waals surface area contributed by atoms with E-state index in [9.17, 15) is 4.89 Å². The number of hydrogen-bond acceptors (Lipinski definition) is 2. The summed E-state index contributed by atoms with van der Waals surface area (Å²) in [5.74, 6) is 0. The number of thiol groups is 1. The second kappa shape index (κ2) is 7.29. The summed E-state index contributed by atoms with van der Waals surface area (Å²) in [6.07, 6.45) is 2.14. The molecule has 0 aromatic heterocycles. The molecule has 0 radical (unpaired) electrons. The van der Waals surface area contributed by atoms with Crippen LogP contribution in [0.4, 0.5) is 0 Å². The molecule has 94 valence electrons. The highest BCUT2D eigenvalue weighted by molar-refractivity contribution is 8.76. The first-order chi connectivity index (χ1) is 6.90. The van der Waals surface area contributed by atoms with Gasteiger partial charge in [-0.1, -0.05) is 27.7 Å². The quantitative estimate of drug-likeness (QED) is 0.545. The summed E-state index contributed by atoms with van der Waals surface area (Å²) >= 11 is 5.32. The molecular weight excluding hydrogens is 247 g/mol. The molecule has 0 aromatic carbocycles. The van der Waals surface area contributed by atoms with E-state index in [2.05, 4.69) is 27.7 Å². The van der Waals surface area contributed by atoms with Gasteiger partial charge in [0.1, 0.15) is 0 Å². The fraction of sp³-hybridized carbons (Fsp3) is 1.00. The Morgan fingerprint density at radius 1 is 1.20 bits per heavy atom. The summed E-state index contributed by atoms with van der Waals surface area (Å²) in [6.45, 7) is 11.1. The lowest BCUT2D eigenvalue weighted by Gasteiger charge is -2.38. The molecule has 0 heterocycles. The molecule has 15 heavy (non-hydrogen) atoms. The Balaban J connectivity index is 4.84. The molecular formula is C10H25O2PS2. The third-order valence-corrected chi connectivity index (χ3v) is 12.9. The summed E-state index contributed by atoms with van der Waals surface area (Å²) in [4.78, 5) is 10.3. The van der Waals surface area contributed by atoms with E-state index in [1.54, 1.807) is 0 Å². The molecule has 0 bridgehead atoms. The maximum absolute atomic E-state index is 10.3. The van der Waals surface area contributed by atoms with E-state index in [0.29, 0.717) is 17.1 Å². The molecule has 1 N–H and O–H groups in total. The zero-order valence-electron chi connectivity index (χ0n) is 10.4. The molecule has 0 aromatic rings. The smallest absolute Gasteiger partial charge is 0.225 e. The zero-order valence-corrected chi connectivity index (χ0v) is 13.0. The fourth-order valence-corrected chi connectivity index (χ4v) is 12.6. The van der Waals surface area contributed by atoms with Crippen LogP contribution in [0.25, 0.3) is 0 Å². The van der Waals surface area contributed by atoms with Crippen molar-refractivity contribution in [1.29, 1.82) is 0 Å². The molecule has 5 heteroatoms. The highest BCUT2D eigenvalue weighted by atomic mass is 32.9. The first-order valence-corrected chi connectivity index (χ1v) is 10.5. The van der Waals surface area contributed by atoms with Crippen LogP contribution in [0.5, 0.6) is 0 Å². The number of rotatable bonds is 7. The molecule has 0 fully saturated rings. The molecule has 0 rings (SSSR count). The number of hydrogen-bond donors (Lipinski definition) is 2. The van der Waals surface area contributed by atoms with Crippen LogP contribution in [0, 0.1) is 0 Å². The highest BCUT2D eigenvalue weighted by Gasteiger charge is 2.31. The van der Waals surface area contributed by atoms with Crippen molar-refractivity contribution in [2.24, 2.45) is 0 Å². The standard InChI is InChI=1S/C10H25O2PS2/c1-6-9(4)15(10(5)7-2)13(11,14)12-8-3/h9-10,15H,6-8H2,1-5H3,(H,11,14). The van der Waals surface area contributed by atoms with E-state index in [1.807, 2.05) is 6.92 Å². The lowest BCUT2D eigenvalue weighted by molar-refractivity contribution is 0.340. The fourth-order valence-electron chi connectivity index (χ4n) is 1.54. The van der Waals surface area contributed by atoms with Crippen LogP contribution in [0.1, 0.15) is 47.5 Å². The van der Waals surface area contributed by atoms with E-state index in [4.69, 9.17) is 16.3 Å². The molecule has 2 nitrogen and oxygen atoms in total. The first-order valence-electron chi connectivity index (χ1n) is 5.66. The van der Waals surface area contributed by atoms with Crippen molar-refractivity contribution in [2.75, 3.05) is 6.61 Å². The molecule has 3 atom stereocenters. The van der Waals surface area contributed by atoms with Crippen molar-refractivity contribution in [3.63, 3.8) is 0 Å². The Morgan fingerprint density at radius 3 is 1.87 bits per heavy atom. The van der Waals surface area contributed by atoms with Gasteiger partial charge in [0, 0.05) is 0 Å². The minimum absolute atomic E-state index is 0.498. The van der Waals surface area contributed by atoms with E-state index < -0.39 is 16.2 Å². The van der Waals surface area contributed by atoms with Gasteiger partial charge in [-0.2, -0.15) is 10.5 Å². The van der Waals surface area contributed by atoms with Gasteiger partial charge in [-0.15, -0.1) is 0 Å².